The van der Waals surface area contributed by atoms with Crippen LogP contribution in [0.3, 0.4) is 0 Å². The Kier molecular flexibility index (Phi) is 9.10. The first kappa shape index (κ1) is 28.9. The van der Waals surface area contributed by atoms with E-state index in [0.29, 0.717) is 13.0 Å². The molecule has 0 radical (unpaired) electrons. The van der Waals surface area contributed by atoms with Crippen LogP contribution in [0, 0.1) is 11.8 Å². The molecule has 2 bridgehead atoms. The van der Waals surface area contributed by atoms with Gasteiger partial charge in [-0.15, -0.1) is 18.3 Å². The van der Waals surface area contributed by atoms with E-state index in [4.69, 9.17) is 4.74 Å². The van der Waals surface area contributed by atoms with Crippen LogP contribution in [0.25, 0.3) is 0 Å². The number of rotatable bonds is 12. The van der Waals surface area contributed by atoms with Crippen molar-refractivity contribution in [1.29, 1.82) is 0 Å². The summed E-state index contributed by atoms with van der Waals surface area (Å²) < 4.78 is 4.65. The molecule has 7 nitrogen and oxygen atoms in total. The summed E-state index contributed by atoms with van der Waals surface area (Å²) in [6.07, 6.45) is 5.50. The van der Waals surface area contributed by atoms with Crippen molar-refractivity contribution in [2.75, 3.05) is 19.8 Å². The molecule has 3 fully saturated rings. The van der Waals surface area contributed by atoms with Gasteiger partial charge in [0.1, 0.15) is 12.6 Å². The minimum absolute atomic E-state index is 0.0565. The number of ether oxygens (including phenoxy) is 1. The largest absolute Gasteiger partial charge is 0.461 e. The van der Waals surface area contributed by atoms with Crippen LogP contribution in [0.5, 0.6) is 0 Å². The number of hydrogen-bond donors (Lipinski definition) is 1. The molecule has 38 heavy (non-hydrogen) atoms. The lowest BCUT2D eigenvalue weighted by atomic mass is 9.71. The van der Waals surface area contributed by atoms with Crippen LogP contribution in [0.15, 0.2) is 55.6 Å². The third kappa shape index (κ3) is 4.75. The van der Waals surface area contributed by atoms with Gasteiger partial charge in [-0.05, 0) is 25.3 Å². The quantitative estimate of drug-likeness (QED) is 0.219. The Labute approximate surface area is 237 Å². The second-order valence-electron chi connectivity index (χ2n) is 10.4. The molecule has 3 aliphatic rings. The number of carbonyl (C=O) groups excluding carboxylic acids is 3. The first-order chi connectivity index (χ1) is 18.3. The van der Waals surface area contributed by atoms with Crippen molar-refractivity contribution in [2.45, 2.75) is 66.1 Å². The van der Waals surface area contributed by atoms with Crippen LogP contribution in [-0.4, -0.2) is 79.4 Å². The van der Waals surface area contributed by atoms with Gasteiger partial charge in [-0.1, -0.05) is 78.3 Å². The van der Waals surface area contributed by atoms with Gasteiger partial charge in [0.2, 0.25) is 11.8 Å². The Balaban J connectivity index is 1.85. The first-order valence-corrected chi connectivity index (χ1v) is 15.1. The summed E-state index contributed by atoms with van der Waals surface area (Å²) in [6.45, 7) is 11.7. The van der Waals surface area contributed by atoms with Gasteiger partial charge in [0, 0.05) is 22.7 Å². The molecular weight excluding hydrogens is 568 g/mol. The molecule has 0 aliphatic carbocycles. The lowest BCUT2D eigenvalue weighted by Crippen LogP contribution is -2.57. The van der Waals surface area contributed by atoms with Crippen LogP contribution < -0.4 is 0 Å². The molecular formula is C29H37BrN2O5S. The number of nitrogens with zero attached hydrogens (tertiary/aromatic N) is 2. The van der Waals surface area contributed by atoms with Crippen molar-refractivity contribution >= 4 is 45.5 Å². The average molecular weight is 606 g/mol. The summed E-state index contributed by atoms with van der Waals surface area (Å²) in [5, 5.41) is 10.4. The number of carbonyl (C=O) groups is 3. The Morgan fingerprint density at radius 3 is 2.63 bits per heavy atom. The van der Waals surface area contributed by atoms with Gasteiger partial charge in [-0.3, -0.25) is 14.4 Å². The molecule has 0 aromatic heterocycles. The van der Waals surface area contributed by atoms with Crippen LogP contribution in [-0.2, 0) is 19.1 Å². The highest BCUT2D eigenvalue weighted by Crippen LogP contribution is 2.68. The van der Waals surface area contributed by atoms with E-state index in [9.17, 15) is 19.5 Å². The fourth-order valence-corrected chi connectivity index (χ4v) is 10.2. The lowest BCUT2D eigenvalue weighted by molar-refractivity contribution is -0.153. The number of amides is 2. The van der Waals surface area contributed by atoms with Crippen molar-refractivity contribution in [3.63, 3.8) is 0 Å². The summed E-state index contributed by atoms with van der Waals surface area (Å²) >= 11 is 5.34. The van der Waals surface area contributed by atoms with Gasteiger partial charge >= 0.3 is 5.97 Å². The number of aliphatic hydroxyl groups is 1. The van der Waals surface area contributed by atoms with Crippen molar-refractivity contribution < 1.29 is 24.2 Å². The monoisotopic (exact) mass is 604 g/mol. The Bertz CT molecular complexity index is 1070. The molecule has 0 saturated carbocycles. The highest BCUT2D eigenvalue weighted by molar-refractivity contribution is 9.09. The second-order valence-corrected chi connectivity index (χ2v) is 13.1. The Hall–Kier alpha value is -2.10. The van der Waals surface area contributed by atoms with Gasteiger partial charge in [0.25, 0.3) is 0 Å². The number of hydrogen-bond acceptors (Lipinski definition) is 6. The van der Waals surface area contributed by atoms with E-state index in [1.165, 1.54) is 6.08 Å². The van der Waals surface area contributed by atoms with Crippen molar-refractivity contribution in [3.05, 3.63) is 61.2 Å². The van der Waals surface area contributed by atoms with E-state index in [2.05, 4.69) is 36.0 Å². The maximum atomic E-state index is 14.6. The predicted octanol–water partition coefficient (Wildman–Crippen LogP) is 4.12. The summed E-state index contributed by atoms with van der Waals surface area (Å²) in [5.74, 6) is -2.29. The fourth-order valence-electron chi connectivity index (χ4n) is 6.58. The van der Waals surface area contributed by atoms with Crippen LogP contribution in [0.1, 0.15) is 44.7 Å². The highest BCUT2D eigenvalue weighted by Gasteiger charge is 2.76. The minimum atomic E-state index is -0.844. The smallest absolute Gasteiger partial charge is 0.311 e. The average Bonchev–Trinajstić information content (AvgIpc) is 3.50. The lowest BCUT2D eigenvalue weighted by Gasteiger charge is -2.41. The third-order valence-corrected chi connectivity index (χ3v) is 11.3. The van der Waals surface area contributed by atoms with E-state index < -0.39 is 34.6 Å². The maximum Gasteiger partial charge on any atom is 0.311 e. The van der Waals surface area contributed by atoms with Gasteiger partial charge < -0.3 is 19.6 Å². The number of benzene rings is 1. The molecule has 9 heteroatoms. The number of halogens is 1. The van der Waals surface area contributed by atoms with E-state index in [1.54, 1.807) is 27.6 Å². The fraction of sp³-hybridized carbons (Fsp3) is 0.552. The Morgan fingerprint density at radius 1 is 1.32 bits per heavy atom. The van der Waals surface area contributed by atoms with Crippen LogP contribution >= 0.6 is 27.7 Å². The summed E-state index contributed by atoms with van der Waals surface area (Å²) in [7, 11) is 0. The highest BCUT2D eigenvalue weighted by atomic mass is 79.9. The number of alkyl halides is 1. The van der Waals surface area contributed by atoms with Gasteiger partial charge in [-0.25, -0.2) is 0 Å². The molecule has 4 rings (SSSR count). The molecule has 1 N–H and O–H groups in total. The minimum Gasteiger partial charge on any atom is -0.461 e. The molecule has 2 amide bonds. The Morgan fingerprint density at radius 2 is 2.03 bits per heavy atom. The molecule has 3 saturated heterocycles. The zero-order chi connectivity index (χ0) is 27.6. The van der Waals surface area contributed by atoms with E-state index in [1.807, 2.05) is 37.3 Å². The third-order valence-electron chi connectivity index (χ3n) is 8.12. The summed E-state index contributed by atoms with van der Waals surface area (Å²) in [4.78, 5) is 45.6. The predicted molar refractivity (Wildman–Crippen MR) is 153 cm³/mol. The maximum absolute atomic E-state index is 14.6. The number of aliphatic hydroxyl groups excluding tert-OH is 1. The number of esters is 1. The number of fused-ring (bicyclic) bond motifs is 1. The van der Waals surface area contributed by atoms with Crippen LogP contribution in [0.2, 0.25) is 0 Å². The van der Waals surface area contributed by atoms with E-state index >= 15 is 0 Å². The molecule has 1 spiro atoms. The zero-order valence-corrected chi connectivity index (χ0v) is 24.4. The number of thioether (sulfide) groups is 1. The summed E-state index contributed by atoms with van der Waals surface area (Å²) in [5.41, 5.74) is 0.745. The SMILES string of the molecule is C=CCOC(=O)[C@H]1[C@@H]2SC3(CC2Br)C(C(=O)N(CC=C)C(C)CCC)N([C@H](CO)c2ccccc2)C(=O)[C@H]13. The second kappa shape index (κ2) is 12.0. The van der Waals surface area contributed by atoms with Gasteiger partial charge in [0.05, 0.1) is 29.2 Å². The van der Waals surface area contributed by atoms with Crippen LogP contribution in [0.4, 0.5) is 0 Å². The number of likely N-dealkylation sites (tertiary alicyclic amines) is 1. The molecule has 3 heterocycles. The first-order valence-electron chi connectivity index (χ1n) is 13.3. The van der Waals surface area contributed by atoms with Crippen molar-refractivity contribution in [1.82, 2.24) is 9.80 Å². The molecule has 1 aromatic rings. The van der Waals surface area contributed by atoms with Crippen molar-refractivity contribution in [2.24, 2.45) is 11.8 Å². The topological polar surface area (TPSA) is 87.2 Å². The molecule has 3 aliphatic heterocycles. The van der Waals surface area contributed by atoms with Gasteiger partial charge in [-0.2, -0.15) is 0 Å². The molecule has 206 valence electrons. The van der Waals surface area contributed by atoms with E-state index in [-0.39, 0.29) is 41.1 Å². The van der Waals surface area contributed by atoms with Gasteiger partial charge in [0.15, 0.2) is 0 Å². The summed E-state index contributed by atoms with van der Waals surface area (Å²) in [6, 6.07) is 7.67. The normalized spacial score (nSPS) is 31.0. The van der Waals surface area contributed by atoms with Crippen molar-refractivity contribution in [3.8, 4) is 0 Å². The zero-order valence-electron chi connectivity index (χ0n) is 22.0. The standard InChI is InChI=1S/C29H37BrN2O5S/c1-5-11-18(4)31(14-6-2)27(35)25-29-16-20(30)24(38-29)22(28(36)37-15-7-3)23(29)26(34)32(25)21(17-33)19-12-9-8-10-13-19/h6-10,12-13,18,20-25,33H,2-3,5,11,14-17H2,1,4H3/t18?,20?,21-,22-,23+,24-,25?,29?/m1/s1. The van der Waals surface area contributed by atoms with E-state index in [0.717, 1.165) is 18.4 Å². The molecule has 4 unspecified atom stereocenters. The molecule has 8 atom stereocenters. The molecule has 1 aromatic carbocycles.